The second kappa shape index (κ2) is 7.28. The Bertz CT molecular complexity index is 502. The highest BCUT2D eigenvalue weighted by atomic mass is 19.1. The molecule has 1 aliphatic rings. The molecule has 110 valence electrons. The highest BCUT2D eigenvalue weighted by Gasteiger charge is 2.27. The number of phenolic OH excluding ortho intramolecular Hbond substituents is 1. The number of hydrogen-bond donors (Lipinski definition) is 1. The van der Waals surface area contributed by atoms with Crippen molar-refractivity contribution in [2.24, 2.45) is 5.92 Å². The Morgan fingerprint density at radius 2 is 2.00 bits per heavy atom. The molecule has 1 N–H and O–H groups in total. The molecule has 0 heterocycles. The summed E-state index contributed by atoms with van der Waals surface area (Å²) in [6.45, 7) is 12.2. The molecule has 1 nitrogen and oxygen atoms in total. The first kappa shape index (κ1) is 16.5. The van der Waals surface area contributed by atoms with E-state index in [1.165, 1.54) is 17.7 Å². The number of allylic oxidation sites excluding steroid dienone is 3. The quantitative estimate of drug-likeness (QED) is 0.700. The molecule has 2 unspecified atom stereocenters. The van der Waals surface area contributed by atoms with E-state index < -0.39 is 5.82 Å². The van der Waals surface area contributed by atoms with Crippen LogP contribution in [-0.2, 0) is 0 Å². The maximum absolute atomic E-state index is 13.1. The molecular weight excluding hydrogens is 251 g/mol. The van der Waals surface area contributed by atoms with Gasteiger partial charge in [0.05, 0.1) is 0 Å². The lowest BCUT2D eigenvalue weighted by Crippen LogP contribution is -2.17. The number of halogens is 1. The molecule has 0 saturated carbocycles. The largest absolute Gasteiger partial charge is 0.508 e. The topological polar surface area (TPSA) is 20.2 Å². The van der Waals surface area contributed by atoms with E-state index in [2.05, 4.69) is 19.6 Å². The van der Waals surface area contributed by atoms with E-state index in [-0.39, 0.29) is 11.7 Å². The summed E-state index contributed by atoms with van der Waals surface area (Å²) >= 11 is 0. The van der Waals surface area contributed by atoms with Crippen LogP contribution in [0.4, 0.5) is 4.39 Å². The van der Waals surface area contributed by atoms with Crippen molar-refractivity contribution in [2.75, 3.05) is 0 Å². The van der Waals surface area contributed by atoms with Crippen molar-refractivity contribution in [1.29, 1.82) is 0 Å². The Morgan fingerprint density at radius 3 is 2.55 bits per heavy atom. The average Bonchev–Trinajstić information content (AvgIpc) is 2.40. The van der Waals surface area contributed by atoms with E-state index in [4.69, 9.17) is 0 Å². The molecular formula is C18H25FO. The lowest BCUT2D eigenvalue weighted by Gasteiger charge is -2.30. The van der Waals surface area contributed by atoms with Gasteiger partial charge in [-0.1, -0.05) is 43.7 Å². The third-order valence-corrected chi connectivity index (χ3v) is 3.73. The van der Waals surface area contributed by atoms with E-state index in [1.54, 1.807) is 6.07 Å². The van der Waals surface area contributed by atoms with E-state index in [0.29, 0.717) is 5.92 Å². The standard InChI is InChI=1S/C16H19FO.C2H6/c1-10(2)13-6-4-11(3)8-15(13)14-7-5-12(17)9-16(14)18;1-2/h5,7-9,13,15,18H,1,4,6H2,2-3H3;1-2H3. The summed E-state index contributed by atoms with van der Waals surface area (Å²) in [6, 6.07) is 4.27. The Morgan fingerprint density at radius 1 is 1.35 bits per heavy atom. The van der Waals surface area contributed by atoms with Gasteiger partial charge in [0.1, 0.15) is 11.6 Å². The van der Waals surface area contributed by atoms with Crippen LogP contribution in [0.1, 0.15) is 52.0 Å². The van der Waals surface area contributed by atoms with Crippen molar-refractivity contribution < 1.29 is 9.50 Å². The van der Waals surface area contributed by atoms with Crippen LogP contribution in [0.3, 0.4) is 0 Å². The highest BCUT2D eigenvalue weighted by molar-refractivity contribution is 5.41. The molecule has 1 aromatic rings. The fourth-order valence-corrected chi connectivity index (χ4v) is 2.73. The van der Waals surface area contributed by atoms with Crippen molar-refractivity contribution in [1.82, 2.24) is 0 Å². The SMILES string of the molecule is C=C(C)C1CCC(C)=CC1c1ccc(F)cc1O.CC. The van der Waals surface area contributed by atoms with Gasteiger partial charge in [0.15, 0.2) is 0 Å². The molecule has 0 fully saturated rings. The van der Waals surface area contributed by atoms with Crippen LogP contribution in [0, 0.1) is 11.7 Å². The first-order chi connectivity index (χ1) is 9.49. The van der Waals surface area contributed by atoms with Gasteiger partial charge in [-0.25, -0.2) is 4.39 Å². The molecule has 2 heteroatoms. The molecule has 0 radical (unpaired) electrons. The van der Waals surface area contributed by atoms with Crippen LogP contribution in [0.5, 0.6) is 5.75 Å². The number of aromatic hydroxyl groups is 1. The van der Waals surface area contributed by atoms with Crippen LogP contribution in [0.15, 0.2) is 42.0 Å². The van der Waals surface area contributed by atoms with Crippen LogP contribution in [-0.4, -0.2) is 5.11 Å². The third kappa shape index (κ3) is 3.72. The van der Waals surface area contributed by atoms with Gasteiger partial charge < -0.3 is 5.11 Å². The van der Waals surface area contributed by atoms with Crippen LogP contribution >= 0.6 is 0 Å². The third-order valence-electron chi connectivity index (χ3n) is 3.73. The second-order valence-electron chi connectivity index (χ2n) is 5.23. The first-order valence-corrected chi connectivity index (χ1v) is 7.30. The van der Waals surface area contributed by atoms with E-state index in [1.807, 2.05) is 20.8 Å². The smallest absolute Gasteiger partial charge is 0.126 e. The minimum atomic E-state index is -0.403. The van der Waals surface area contributed by atoms with Gasteiger partial charge in [0.2, 0.25) is 0 Å². The monoisotopic (exact) mass is 276 g/mol. The highest BCUT2D eigenvalue weighted by Crippen LogP contribution is 2.42. The molecule has 2 rings (SSSR count). The number of phenols is 1. The van der Waals surface area contributed by atoms with Crippen molar-refractivity contribution in [3.63, 3.8) is 0 Å². The summed E-state index contributed by atoms with van der Waals surface area (Å²) in [7, 11) is 0. The Labute approximate surface area is 121 Å². The van der Waals surface area contributed by atoms with Gasteiger partial charge >= 0.3 is 0 Å². The summed E-state index contributed by atoms with van der Waals surface area (Å²) in [5, 5.41) is 9.93. The zero-order valence-electron chi connectivity index (χ0n) is 12.9. The van der Waals surface area contributed by atoms with E-state index in [9.17, 15) is 9.50 Å². The van der Waals surface area contributed by atoms with Crippen LogP contribution < -0.4 is 0 Å². The molecule has 2 atom stereocenters. The van der Waals surface area contributed by atoms with Gasteiger partial charge in [-0.15, -0.1) is 0 Å². The van der Waals surface area contributed by atoms with Gasteiger partial charge in [-0.3, -0.25) is 0 Å². The van der Waals surface area contributed by atoms with Crippen molar-refractivity contribution in [3.8, 4) is 5.75 Å². The fraction of sp³-hybridized carbons (Fsp3) is 0.444. The zero-order chi connectivity index (χ0) is 15.3. The van der Waals surface area contributed by atoms with Crippen LogP contribution in [0.25, 0.3) is 0 Å². The minimum Gasteiger partial charge on any atom is -0.508 e. The molecule has 0 saturated heterocycles. The Kier molecular flexibility index (Phi) is 6.00. The summed E-state index contributed by atoms with van der Waals surface area (Å²) < 4.78 is 13.1. The lowest BCUT2D eigenvalue weighted by atomic mass is 9.74. The van der Waals surface area contributed by atoms with Gasteiger partial charge in [0, 0.05) is 17.5 Å². The van der Waals surface area contributed by atoms with Crippen molar-refractivity contribution >= 4 is 0 Å². The summed E-state index contributed by atoms with van der Waals surface area (Å²) in [5.41, 5.74) is 3.23. The Hall–Kier alpha value is -1.57. The average molecular weight is 276 g/mol. The molecule has 0 amide bonds. The predicted molar refractivity (Wildman–Crippen MR) is 83.4 cm³/mol. The molecule has 0 bridgehead atoms. The van der Waals surface area contributed by atoms with Gasteiger partial charge in [-0.2, -0.15) is 0 Å². The van der Waals surface area contributed by atoms with Gasteiger partial charge in [-0.05, 0) is 38.7 Å². The fourth-order valence-electron chi connectivity index (χ4n) is 2.73. The van der Waals surface area contributed by atoms with Crippen LogP contribution in [0.2, 0.25) is 0 Å². The molecule has 0 aromatic heterocycles. The minimum absolute atomic E-state index is 0.0391. The summed E-state index contributed by atoms with van der Waals surface area (Å²) in [4.78, 5) is 0. The summed E-state index contributed by atoms with van der Waals surface area (Å²) in [5.74, 6) is 0.0683. The summed E-state index contributed by atoms with van der Waals surface area (Å²) in [6.07, 6.45) is 4.28. The number of hydrogen-bond acceptors (Lipinski definition) is 1. The number of rotatable bonds is 2. The maximum Gasteiger partial charge on any atom is 0.126 e. The van der Waals surface area contributed by atoms with E-state index in [0.717, 1.165) is 24.0 Å². The molecule has 20 heavy (non-hydrogen) atoms. The van der Waals surface area contributed by atoms with Crippen molar-refractivity contribution in [3.05, 3.63) is 53.4 Å². The van der Waals surface area contributed by atoms with Crippen molar-refractivity contribution in [2.45, 2.75) is 46.5 Å². The predicted octanol–water partition coefficient (Wildman–Crippen LogP) is 5.57. The molecule has 0 aliphatic heterocycles. The number of benzene rings is 1. The zero-order valence-corrected chi connectivity index (χ0v) is 12.9. The first-order valence-electron chi connectivity index (χ1n) is 7.30. The lowest BCUT2D eigenvalue weighted by molar-refractivity contribution is 0.432. The van der Waals surface area contributed by atoms with E-state index >= 15 is 0 Å². The molecule has 1 aromatic carbocycles. The second-order valence-corrected chi connectivity index (χ2v) is 5.23. The normalized spacial score (nSPS) is 21.6. The molecule has 0 spiro atoms. The maximum atomic E-state index is 13.1. The Balaban J connectivity index is 0.000000956. The van der Waals surface area contributed by atoms with Gasteiger partial charge in [0.25, 0.3) is 0 Å². The molecule has 1 aliphatic carbocycles.